The fourth-order valence-corrected chi connectivity index (χ4v) is 2.20. The van der Waals surface area contributed by atoms with Crippen molar-refractivity contribution < 1.29 is 27.5 Å². The van der Waals surface area contributed by atoms with E-state index in [-0.39, 0.29) is 0 Å². The number of rotatable bonds is 4. The van der Waals surface area contributed by atoms with Gasteiger partial charge in [0.25, 0.3) is 5.91 Å². The number of hydrogen-bond donors (Lipinski definition) is 2. The molecular weight excluding hydrogens is 361 g/mol. The smallest absolute Gasteiger partial charge is 0.408 e. The Kier molecular flexibility index (Phi) is 6.09. The molecule has 0 aromatic heterocycles. The van der Waals surface area contributed by atoms with Crippen LogP contribution in [-0.2, 0) is 9.53 Å². The molecule has 144 valence electrons. The minimum atomic E-state index is -1.70. The van der Waals surface area contributed by atoms with Crippen molar-refractivity contribution in [1.82, 2.24) is 5.32 Å². The molecule has 1 unspecified atom stereocenters. The zero-order valence-corrected chi connectivity index (χ0v) is 15.0. The van der Waals surface area contributed by atoms with Gasteiger partial charge in [-0.3, -0.25) is 4.79 Å². The molecule has 2 rings (SSSR count). The van der Waals surface area contributed by atoms with E-state index >= 15 is 0 Å². The first kappa shape index (κ1) is 20.3. The van der Waals surface area contributed by atoms with Crippen LogP contribution < -0.4 is 10.6 Å². The summed E-state index contributed by atoms with van der Waals surface area (Å²) in [4.78, 5) is 24.7. The van der Waals surface area contributed by atoms with Crippen LogP contribution in [0, 0.1) is 17.5 Å². The van der Waals surface area contributed by atoms with Gasteiger partial charge in [0, 0.05) is 0 Å². The number of carbonyl (C=O) groups excluding carboxylic acids is 2. The molecule has 1 atom stereocenters. The van der Waals surface area contributed by atoms with Crippen molar-refractivity contribution in [3.8, 4) is 0 Å². The van der Waals surface area contributed by atoms with E-state index in [0.29, 0.717) is 11.6 Å². The molecule has 0 aliphatic heterocycles. The van der Waals surface area contributed by atoms with Crippen LogP contribution in [0.5, 0.6) is 0 Å². The van der Waals surface area contributed by atoms with E-state index in [4.69, 9.17) is 4.74 Å². The van der Waals surface area contributed by atoms with Crippen molar-refractivity contribution in [2.24, 2.45) is 0 Å². The molecule has 0 saturated heterocycles. The van der Waals surface area contributed by atoms with Gasteiger partial charge in [-0.15, -0.1) is 0 Å². The van der Waals surface area contributed by atoms with E-state index in [2.05, 4.69) is 10.6 Å². The average molecular weight is 380 g/mol. The lowest BCUT2D eigenvalue weighted by Gasteiger charge is -2.23. The minimum Gasteiger partial charge on any atom is -0.444 e. The van der Waals surface area contributed by atoms with Crippen LogP contribution >= 0.6 is 0 Å². The molecule has 0 spiro atoms. The molecule has 2 N–H and O–H groups in total. The third-order valence-electron chi connectivity index (χ3n) is 3.35. The Morgan fingerprint density at radius 3 is 2.19 bits per heavy atom. The van der Waals surface area contributed by atoms with Crippen LogP contribution in [0.1, 0.15) is 32.4 Å². The number of amides is 2. The summed E-state index contributed by atoms with van der Waals surface area (Å²) in [5, 5.41) is 4.55. The third kappa shape index (κ3) is 5.47. The summed E-state index contributed by atoms with van der Waals surface area (Å²) in [5.41, 5.74) is -0.955. The van der Waals surface area contributed by atoms with E-state index in [0.717, 1.165) is 6.07 Å². The fraction of sp³-hybridized carbons (Fsp3) is 0.263. The van der Waals surface area contributed by atoms with Crippen LogP contribution in [0.2, 0.25) is 0 Å². The summed E-state index contributed by atoms with van der Waals surface area (Å²) in [6, 6.07) is 8.48. The highest BCUT2D eigenvalue weighted by Gasteiger charge is 2.27. The summed E-state index contributed by atoms with van der Waals surface area (Å²) in [6.45, 7) is 4.96. The Morgan fingerprint density at radius 1 is 0.963 bits per heavy atom. The summed E-state index contributed by atoms with van der Waals surface area (Å²) >= 11 is 0. The zero-order valence-electron chi connectivity index (χ0n) is 15.0. The first-order valence-corrected chi connectivity index (χ1v) is 8.07. The molecule has 0 saturated carbocycles. The number of anilines is 1. The van der Waals surface area contributed by atoms with Crippen molar-refractivity contribution in [2.75, 3.05) is 5.32 Å². The van der Waals surface area contributed by atoms with E-state index in [1.165, 1.54) is 0 Å². The van der Waals surface area contributed by atoms with Gasteiger partial charge in [-0.05, 0) is 38.5 Å². The SMILES string of the molecule is CC(C)(C)OC(=O)NC(C(=O)Nc1ccc(F)c(F)c1F)c1ccccc1. The number of ether oxygens (including phenoxy) is 1. The molecule has 2 amide bonds. The van der Waals surface area contributed by atoms with Crippen molar-refractivity contribution in [2.45, 2.75) is 32.4 Å². The minimum absolute atomic E-state index is 0.392. The maximum absolute atomic E-state index is 13.8. The molecule has 2 aromatic carbocycles. The molecule has 0 heterocycles. The van der Waals surface area contributed by atoms with Gasteiger partial charge in [0.05, 0.1) is 5.69 Å². The van der Waals surface area contributed by atoms with Crippen molar-refractivity contribution in [3.63, 3.8) is 0 Å². The molecule has 5 nitrogen and oxygen atoms in total. The number of benzene rings is 2. The second-order valence-electron chi connectivity index (χ2n) is 6.70. The topological polar surface area (TPSA) is 67.4 Å². The standard InChI is InChI=1S/C19H19F3N2O3/c1-19(2,3)27-18(26)24-16(11-7-5-4-6-8-11)17(25)23-13-10-9-12(20)14(21)15(13)22/h4-10,16H,1-3H3,(H,23,25)(H,24,26). The lowest BCUT2D eigenvalue weighted by atomic mass is 10.1. The van der Waals surface area contributed by atoms with E-state index < -0.39 is 46.8 Å². The Labute approximate surface area is 154 Å². The summed E-state index contributed by atoms with van der Waals surface area (Å²) in [6.07, 6.45) is -0.864. The highest BCUT2D eigenvalue weighted by atomic mass is 19.2. The predicted molar refractivity (Wildman–Crippen MR) is 93.5 cm³/mol. The van der Waals surface area contributed by atoms with Gasteiger partial charge >= 0.3 is 6.09 Å². The summed E-state index contributed by atoms with van der Waals surface area (Å²) in [5.74, 6) is -5.47. The van der Waals surface area contributed by atoms with Gasteiger partial charge < -0.3 is 15.4 Å². The lowest BCUT2D eigenvalue weighted by Crippen LogP contribution is -2.40. The Hall–Kier alpha value is -3.03. The third-order valence-corrected chi connectivity index (χ3v) is 3.35. The first-order valence-electron chi connectivity index (χ1n) is 8.07. The van der Waals surface area contributed by atoms with E-state index in [9.17, 15) is 22.8 Å². The number of alkyl carbamates (subject to hydrolysis) is 1. The summed E-state index contributed by atoms with van der Waals surface area (Å²) < 4.78 is 45.4. The fourth-order valence-electron chi connectivity index (χ4n) is 2.20. The maximum atomic E-state index is 13.8. The van der Waals surface area contributed by atoms with E-state index in [1.54, 1.807) is 51.1 Å². The van der Waals surface area contributed by atoms with Crippen molar-refractivity contribution in [1.29, 1.82) is 0 Å². The summed E-state index contributed by atoms with van der Waals surface area (Å²) in [7, 11) is 0. The normalized spacial score (nSPS) is 12.2. The van der Waals surface area contributed by atoms with Gasteiger partial charge in [-0.25, -0.2) is 18.0 Å². The average Bonchev–Trinajstić information content (AvgIpc) is 2.59. The quantitative estimate of drug-likeness (QED) is 0.777. The van der Waals surface area contributed by atoms with Crippen molar-refractivity contribution >= 4 is 17.7 Å². The van der Waals surface area contributed by atoms with Crippen LogP contribution in [-0.4, -0.2) is 17.6 Å². The molecule has 0 radical (unpaired) electrons. The second kappa shape index (κ2) is 8.11. The molecule has 0 bridgehead atoms. The lowest BCUT2D eigenvalue weighted by molar-refractivity contribution is -0.118. The number of nitrogens with one attached hydrogen (secondary N) is 2. The van der Waals surface area contributed by atoms with Gasteiger partial charge in [-0.1, -0.05) is 30.3 Å². The monoisotopic (exact) mass is 380 g/mol. The van der Waals surface area contributed by atoms with E-state index in [1.807, 2.05) is 0 Å². The van der Waals surface area contributed by atoms with Crippen LogP contribution in [0.25, 0.3) is 0 Å². The number of halogens is 3. The van der Waals surface area contributed by atoms with Crippen molar-refractivity contribution in [3.05, 3.63) is 65.5 Å². The molecule has 0 fully saturated rings. The Morgan fingerprint density at radius 2 is 1.59 bits per heavy atom. The van der Waals surface area contributed by atoms with Crippen LogP contribution in [0.3, 0.4) is 0 Å². The molecule has 8 heteroatoms. The molecule has 2 aromatic rings. The predicted octanol–water partition coefficient (Wildman–Crippen LogP) is 4.31. The highest BCUT2D eigenvalue weighted by molar-refractivity contribution is 5.97. The first-order chi connectivity index (χ1) is 12.6. The molecule has 27 heavy (non-hydrogen) atoms. The molecule has 0 aliphatic rings. The molecular formula is C19H19F3N2O3. The van der Waals surface area contributed by atoms with Gasteiger partial charge in [-0.2, -0.15) is 0 Å². The second-order valence-corrected chi connectivity index (χ2v) is 6.70. The number of carbonyl (C=O) groups is 2. The van der Waals surface area contributed by atoms with Crippen LogP contribution in [0.15, 0.2) is 42.5 Å². The van der Waals surface area contributed by atoms with Gasteiger partial charge in [0.1, 0.15) is 11.6 Å². The highest BCUT2D eigenvalue weighted by Crippen LogP contribution is 2.22. The van der Waals surface area contributed by atoms with Crippen LogP contribution in [0.4, 0.5) is 23.7 Å². The largest absolute Gasteiger partial charge is 0.444 e. The van der Waals surface area contributed by atoms with Gasteiger partial charge in [0.2, 0.25) is 0 Å². The number of hydrogen-bond acceptors (Lipinski definition) is 3. The van der Waals surface area contributed by atoms with Gasteiger partial charge in [0.15, 0.2) is 17.5 Å². The Balaban J connectivity index is 2.27. The maximum Gasteiger partial charge on any atom is 0.408 e. The zero-order chi connectivity index (χ0) is 20.2. The molecule has 0 aliphatic carbocycles. The Bertz CT molecular complexity index is 836.